The van der Waals surface area contributed by atoms with E-state index in [1.807, 2.05) is 18.2 Å². The van der Waals surface area contributed by atoms with Crippen LogP contribution >= 0.6 is 0 Å². The molecule has 2 aromatic rings. The molecule has 0 unspecified atom stereocenters. The Hall–Kier alpha value is -2.50. The minimum Gasteiger partial charge on any atom is -0.481 e. The summed E-state index contributed by atoms with van der Waals surface area (Å²) in [4.78, 5) is 11.2. The van der Waals surface area contributed by atoms with E-state index in [-0.39, 0.29) is 31.1 Å². The number of hydrogen-bond acceptors (Lipinski definition) is 7. The van der Waals surface area contributed by atoms with Crippen molar-refractivity contribution >= 4 is 16.0 Å². The highest BCUT2D eigenvalue weighted by Gasteiger charge is 2.43. The largest absolute Gasteiger partial charge is 0.481 e. The fourth-order valence-corrected chi connectivity index (χ4v) is 5.92. The van der Waals surface area contributed by atoms with E-state index in [9.17, 15) is 18.3 Å². The highest BCUT2D eigenvalue weighted by atomic mass is 32.2. The molecule has 2 saturated heterocycles. The second-order valence-corrected chi connectivity index (χ2v) is 10.1. The lowest BCUT2D eigenvalue weighted by Crippen LogP contribution is -2.57. The van der Waals surface area contributed by atoms with Crippen molar-refractivity contribution in [3.8, 4) is 11.5 Å². The van der Waals surface area contributed by atoms with E-state index in [4.69, 9.17) is 19.3 Å². The molecule has 2 aromatic carbocycles. The number of benzene rings is 2. The Labute approximate surface area is 192 Å². The fourth-order valence-electron chi connectivity index (χ4n) is 4.21. The van der Waals surface area contributed by atoms with Crippen LogP contribution in [0.2, 0.25) is 0 Å². The van der Waals surface area contributed by atoms with Crippen LogP contribution in [0.5, 0.6) is 11.5 Å². The lowest BCUT2D eigenvalue weighted by Gasteiger charge is -2.43. The lowest BCUT2D eigenvalue weighted by atomic mass is 9.96. The molecule has 0 radical (unpaired) electrons. The molecule has 2 fully saturated rings. The number of ether oxygens (including phenoxy) is 3. The van der Waals surface area contributed by atoms with Crippen LogP contribution in [0.15, 0.2) is 59.5 Å². The van der Waals surface area contributed by atoms with Gasteiger partial charge < -0.3 is 24.4 Å². The van der Waals surface area contributed by atoms with Crippen molar-refractivity contribution in [3.63, 3.8) is 0 Å². The number of hydrogen-bond donors (Lipinski definition) is 2. The van der Waals surface area contributed by atoms with Gasteiger partial charge in [0.25, 0.3) is 0 Å². The standard InChI is InChI=1S/C23H27NO8S/c25-16-13-24(21-11-8-19(12-23(26)27)32-22(21)15-30-14-16)33(28,29)20-9-6-18(7-10-20)31-17-4-2-1-3-5-17/h1-7,9-10,16,19,21-22,25H,8,11-15H2,(H,26,27)/t16-,19+,21+,22-/m1/s1. The molecule has 10 heteroatoms. The Balaban J connectivity index is 1.55. The van der Waals surface area contributed by atoms with Crippen LogP contribution in [-0.4, -0.2) is 73.0 Å². The van der Waals surface area contributed by atoms with E-state index in [1.54, 1.807) is 24.3 Å². The van der Waals surface area contributed by atoms with E-state index in [0.717, 1.165) is 0 Å². The van der Waals surface area contributed by atoms with Crippen molar-refractivity contribution in [2.24, 2.45) is 0 Å². The first-order chi connectivity index (χ1) is 15.8. The zero-order valence-corrected chi connectivity index (χ0v) is 18.8. The van der Waals surface area contributed by atoms with Crippen molar-refractivity contribution in [2.75, 3.05) is 19.8 Å². The number of para-hydroxylation sites is 1. The van der Waals surface area contributed by atoms with Gasteiger partial charge in [-0.3, -0.25) is 4.79 Å². The summed E-state index contributed by atoms with van der Waals surface area (Å²) < 4.78 is 45.5. The number of aliphatic hydroxyl groups excluding tert-OH is 1. The topological polar surface area (TPSA) is 123 Å². The van der Waals surface area contributed by atoms with Crippen molar-refractivity contribution in [3.05, 3.63) is 54.6 Å². The maximum Gasteiger partial charge on any atom is 0.305 e. The van der Waals surface area contributed by atoms with Crippen LogP contribution in [0.25, 0.3) is 0 Å². The summed E-state index contributed by atoms with van der Waals surface area (Å²) >= 11 is 0. The van der Waals surface area contributed by atoms with E-state index in [1.165, 1.54) is 16.4 Å². The summed E-state index contributed by atoms with van der Waals surface area (Å²) in [6.45, 7) is -0.0987. The number of rotatable bonds is 6. The number of β-amino-alcohol motifs (C(OH)–C–C–N with tert-alkyl or cyclic N) is 1. The number of fused-ring (bicyclic) bond motifs is 1. The first kappa shape index (κ1) is 23.7. The van der Waals surface area contributed by atoms with Gasteiger partial charge >= 0.3 is 5.97 Å². The molecule has 178 valence electrons. The monoisotopic (exact) mass is 477 g/mol. The second kappa shape index (κ2) is 10.2. The van der Waals surface area contributed by atoms with Crippen molar-refractivity contribution < 1.29 is 37.6 Å². The second-order valence-electron chi connectivity index (χ2n) is 8.19. The molecule has 2 aliphatic heterocycles. The normalized spacial score (nSPS) is 26.6. The third kappa shape index (κ3) is 5.71. The average Bonchev–Trinajstić information content (AvgIpc) is 2.77. The third-order valence-corrected chi connectivity index (χ3v) is 7.65. The van der Waals surface area contributed by atoms with Gasteiger partial charge in [-0.2, -0.15) is 4.31 Å². The Bertz CT molecular complexity index is 1040. The summed E-state index contributed by atoms with van der Waals surface area (Å²) in [5.41, 5.74) is 0. The maximum atomic E-state index is 13.6. The molecule has 2 N–H and O–H groups in total. The van der Waals surface area contributed by atoms with Gasteiger partial charge in [-0.05, 0) is 49.2 Å². The summed E-state index contributed by atoms with van der Waals surface area (Å²) in [7, 11) is -3.97. The average molecular weight is 478 g/mol. The van der Waals surface area contributed by atoms with Gasteiger partial charge in [-0.15, -0.1) is 0 Å². The molecule has 0 aromatic heterocycles. The van der Waals surface area contributed by atoms with Crippen LogP contribution in [0, 0.1) is 0 Å². The van der Waals surface area contributed by atoms with Gasteiger partial charge in [0, 0.05) is 6.54 Å². The van der Waals surface area contributed by atoms with Gasteiger partial charge in [0.15, 0.2) is 0 Å². The molecule has 33 heavy (non-hydrogen) atoms. The first-order valence-corrected chi connectivity index (χ1v) is 12.2. The molecule has 0 bridgehead atoms. The zero-order valence-electron chi connectivity index (χ0n) is 17.9. The zero-order chi connectivity index (χ0) is 23.4. The van der Waals surface area contributed by atoms with Crippen molar-refractivity contribution in [1.29, 1.82) is 0 Å². The number of aliphatic hydroxyl groups is 1. The number of aliphatic carboxylic acids is 1. The SMILES string of the molecule is O=C(O)C[C@@H]1CC[C@H]2[C@@H](COC[C@H](O)CN2S(=O)(=O)c2ccc(Oc3ccccc3)cc2)O1. The molecule has 0 spiro atoms. The third-order valence-electron chi connectivity index (χ3n) is 5.75. The quantitative estimate of drug-likeness (QED) is 0.650. The first-order valence-electron chi connectivity index (χ1n) is 10.8. The Morgan fingerprint density at radius 1 is 1.03 bits per heavy atom. The molecule has 2 heterocycles. The highest BCUT2D eigenvalue weighted by molar-refractivity contribution is 7.89. The van der Waals surface area contributed by atoms with Crippen molar-refractivity contribution in [1.82, 2.24) is 4.31 Å². The van der Waals surface area contributed by atoms with Gasteiger partial charge in [0.1, 0.15) is 11.5 Å². The Morgan fingerprint density at radius 2 is 1.73 bits per heavy atom. The molecule has 4 atom stereocenters. The lowest BCUT2D eigenvalue weighted by molar-refractivity contribution is -0.155. The predicted octanol–water partition coefficient (Wildman–Crippen LogP) is 2.25. The van der Waals surface area contributed by atoms with Gasteiger partial charge in [-0.25, -0.2) is 8.42 Å². The fraction of sp³-hybridized carbons (Fsp3) is 0.435. The molecular formula is C23H27NO8S. The van der Waals surface area contributed by atoms with Gasteiger partial charge in [0.2, 0.25) is 10.0 Å². The molecule has 0 aliphatic carbocycles. The van der Waals surface area contributed by atoms with Gasteiger partial charge in [-0.1, -0.05) is 18.2 Å². The molecule has 0 saturated carbocycles. The van der Waals surface area contributed by atoms with E-state index < -0.39 is 40.3 Å². The van der Waals surface area contributed by atoms with Crippen LogP contribution in [0.1, 0.15) is 19.3 Å². The van der Waals surface area contributed by atoms with E-state index >= 15 is 0 Å². The minimum atomic E-state index is -3.97. The summed E-state index contributed by atoms with van der Waals surface area (Å²) in [6.07, 6.45) is -1.45. The van der Waals surface area contributed by atoms with E-state index in [2.05, 4.69) is 0 Å². The number of sulfonamides is 1. The molecular weight excluding hydrogens is 450 g/mol. The van der Waals surface area contributed by atoms with Gasteiger partial charge in [0.05, 0.1) is 48.9 Å². The predicted molar refractivity (Wildman–Crippen MR) is 118 cm³/mol. The molecule has 9 nitrogen and oxygen atoms in total. The van der Waals surface area contributed by atoms with E-state index in [0.29, 0.717) is 24.3 Å². The number of carboxylic acid groups (broad SMARTS) is 1. The summed E-state index contributed by atoms with van der Waals surface area (Å²) in [6, 6.07) is 14.7. The Kier molecular flexibility index (Phi) is 7.30. The maximum absolute atomic E-state index is 13.6. The highest BCUT2D eigenvalue weighted by Crippen LogP contribution is 2.32. The van der Waals surface area contributed by atoms with Crippen LogP contribution in [0.4, 0.5) is 0 Å². The molecule has 4 rings (SSSR count). The van der Waals surface area contributed by atoms with Crippen molar-refractivity contribution in [2.45, 2.75) is 48.5 Å². The van der Waals surface area contributed by atoms with Crippen LogP contribution in [-0.2, 0) is 24.3 Å². The Morgan fingerprint density at radius 3 is 2.42 bits per heavy atom. The van der Waals surface area contributed by atoms with Crippen LogP contribution < -0.4 is 4.74 Å². The number of nitrogens with zero attached hydrogens (tertiary/aromatic N) is 1. The van der Waals surface area contributed by atoms with Crippen LogP contribution in [0.3, 0.4) is 0 Å². The summed E-state index contributed by atoms with van der Waals surface area (Å²) in [5, 5.41) is 19.4. The molecule has 2 aliphatic rings. The molecule has 0 amide bonds. The summed E-state index contributed by atoms with van der Waals surface area (Å²) in [5.74, 6) is 0.165. The number of carboxylic acids is 1. The smallest absolute Gasteiger partial charge is 0.305 e. The minimum absolute atomic E-state index is 0.0357. The number of carbonyl (C=O) groups is 1.